The number of hydrogen-bond acceptors (Lipinski definition) is 3. The summed E-state index contributed by atoms with van der Waals surface area (Å²) in [5, 5.41) is 0. The second kappa shape index (κ2) is 3.06. The van der Waals surface area contributed by atoms with E-state index in [4.69, 9.17) is 4.74 Å². The molecule has 1 aliphatic heterocycles. The van der Waals surface area contributed by atoms with Crippen LogP contribution in [-0.4, -0.2) is 17.4 Å². The van der Waals surface area contributed by atoms with Gasteiger partial charge in [-0.3, -0.25) is 9.59 Å². The van der Waals surface area contributed by atoms with Crippen LogP contribution in [0.4, 0.5) is 0 Å². The molecule has 1 heterocycles. The summed E-state index contributed by atoms with van der Waals surface area (Å²) in [6.07, 6.45) is 2.60. The van der Waals surface area contributed by atoms with Crippen LogP contribution in [0.15, 0.2) is 0 Å². The SMILES string of the molecule is C[C@H]1CC[C@]2(OC(=O)CC2(C)C)C(=O)C1. The van der Waals surface area contributed by atoms with Gasteiger partial charge in [0.25, 0.3) is 0 Å². The fourth-order valence-corrected chi connectivity index (χ4v) is 2.87. The first-order valence-electron chi connectivity index (χ1n) is 5.62. The highest BCUT2D eigenvalue weighted by atomic mass is 16.6. The smallest absolute Gasteiger partial charge is 0.307 e. The Morgan fingerprint density at radius 3 is 2.47 bits per heavy atom. The van der Waals surface area contributed by atoms with Gasteiger partial charge in [0.2, 0.25) is 0 Å². The van der Waals surface area contributed by atoms with Crippen LogP contribution in [0.2, 0.25) is 0 Å². The summed E-state index contributed by atoms with van der Waals surface area (Å²) in [5.41, 5.74) is -1.14. The topological polar surface area (TPSA) is 43.4 Å². The van der Waals surface area contributed by atoms with Crippen LogP contribution in [0.1, 0.15) is 46.5 Å². The number of ether oxygens (including phenoxy) is 1. The van der Waals surface area contributed by atoms with Crippen LogP contribution < -0.4 is 0 Å². The van der Waals surface area contributed by atoms with E-state index in [2.05, 4.69) is 6.92 Å². The Hall–Kier alpha value is -0.860. The molecular weight excluding hydrogens is 192 g/mol. The van der Waals surface area contributed by atoms with E-state index >= 15 is 0 Å². The summed E-state index contributed by atoms with van der Waals surface area (Å²) >= 11 is 0. The minimum atomic E-state index is -0.809. The van der Waals surface area contributed by atoms with Crippen LogP contribution in [0.25, 0.3) is 0 Å². The van der Waals surface area contributed by atoms with Gasteiger partial charge in [-0.25, -0.2) is 0 Å². The van der Waals surface area contributed by atoms with Crippen molar-refractivity contribution in [1.82, 2.24) is 0 Å². The zero-order chi connectivity index (χ0) is 11.3. The summed E-state index contributed by atoms with van der Waals surface area (Å²) < 4.78 is 5.38. The second-order valence-corrected chi connectivity index (χ2v) is 5.63. The molecule has 3 heteroatoms. The fourth-order valence-electron chi connectivity index (χ4n) is 2.87. The molecule has 2 atom stereocenters. The first-order valence-corrected chi connectivity index (χ1v) is 5.62. The highest BCUT2D eigenvalue weighted by molar-refractivity contribution is 5.94. The van der Waals surface area contributed by atoms with Gasteiger partial charge < -0.3 is 4.74 Å². The molecular formula is C12H18O3. The molecule has 0 unspecified atom stereocenters. The molecule has 15 heavy (non-hydrogen) atoms. The zero-order valence-electron chi connectivity index (χ0n) is 9.63. The fraction of sp³-hybridized carbons (Fsp3) is 0.833. The van der Waals surface area contributed by atoms with E-state index in [9.17, 15) is 9.59 Å². The molecule has 1 aliphatic carbocycles. The Morgan fingerprint density at radius 1 is 1.33 bits per heavy atom. The number of ketones is 1. The number of Topliss-reactive ketones (excluding diaryl/α,β-unsaturated/α-hetero) is 1. The molecule has 2 fully saturated rings. The number of esters is 1. The molecule has 0 N–H and O–H groups in total. The molecule has 1 spiro atoms. The van der Waals surface area contributed by atoms with Crippen molar-refractivity contribution >= 4 is 11.8 Å². The summed E-state index contributed by atoms with van der Waals surface area (Å²) in [5.74, 6) is 0.332. The van der Waals surface area contributed by atoms with Crippen molar-refractivity contribution in [1.29, 1.82) is 0 Å². The summed E-state index contributed by atoms with van der Waals surface area (Å²) in [7, 11) is 0. The Labute approximate surface area is 90.2 Å². The first kappa shape index (κ1) is 10.7. The normalized spacial score (nSPS) is 39.5. The molecule has 0 aromatic carbocycles. The van der Waals surface area contributed by atoms with Crippen molar-refractivity contribution in [3.05, 3.63) is 0 Å². The third-order valence-corrected chi connectivity index (χ3v) is 3.94. The number of carbonyl (C=O) groups is 2. The van der Waals surface area contributed by atoms with Crippen molar-refractivity contribution in [2.45, 2.75) is 52.1 Å². The van der Waals surface area contributed by atoms with Gasteiger partial charge in [-0.2, -0.15) is 0 Å². The van der Waals surface area contributed by atoms with E-state index in [0.717, 1.165) is 6.42 Å². The lowest BCUT2D eigenvalue weighted by atomic mass is 9.65. The van der Waals surface area contributed by atoms with Gasteiger partial charge in [-0.15, -0.1) is 0 Å². The van der Waals surface area contributed by atoms with Gasteiger partial charge in [0, 0.05) is 11.8 Å². The molecule has 3 nitrogen and oxygen atoms in total. The van der Waals surface area contributed by atoms with Crippen LogP contribution >= 0.6 is 0 Å². The van der Waals surface area contributed by atoms with Crippen molar-refractivity contribution in [3.63, 3.8) is 0 Å². The van der Waals surface area contributed by atoms with E-state index in [1.54, 1.807) is 0 Å². The molecule has 2 aliphatic rings. The molecule has 0 aromatic heterocycles. The molecule has 2 rings (SSSR count). The molecule has 84 valence electrons. The van der Waals surface area contributed by atoms with Crippen molar-refractivity contribution in [3.8, 4) is 0 Å². The summed E-state index contributed by atoms with van der Waals surface area (Å²) in [4.78, 5) is 23.5. The van der Waals surface area contributed by atoms with Crippen LogP contribution in [0, 0.1) is 11.3 Å². The van der Waals surface area contributed by atoms with E-state index < -0.39 is 5.60 Å². The first-order chi connectivity index (χ1) is 6.87. The van der Waals surface area contributed by atoms with E-state index in [1.165, 1.54) is 0 Å². The van der Waals surface area contributed by atoms with E-state index in [-0.39, 0.29) is 17.2 Å². The van der Waals surface area contributed by atoms with Crippen molar-refractivity contribution in [2.75, 3.05) is 0 Å². The Morgan fingerprint density at radius 2 is 2.00 bits per heavy atom. The lowest BCUT2D eigenvalue weighted by Gasteiger charge is -2.41. The predicted molar refractivity (Wildman–Crippen MR) is 55.2 cm³/mol. The van der Waals surface area contributed by atoms with Gasteiger partial charge in [-0.05, 0) is 18.8 Å². The number of rotatable bonds is 0. The molecule has 0 radical (unpaired) electrons. The largest absolute Gasteiger partial charge is 0.450 e. The zero-order valence-corrected chi connectivity index (χ0v) is 9.63. The maximum absolute atomic E-state index is 12.1. The average molecular weight is 210 g/mol. The van der Waals surface area contributed by atoms with E-state index in [1.807, 2.05) is 13.8 Å². The van der Waals surface area contributed by atoms with Gasteiger partial charge in [0.15, 0.2) is 11.4 Å². The molecule has 1 saturated heterocycles. The molecule has 0 amide bonds. The van der Waals surface area contributed by atoms with Crippen molar-refractivity contribution < 1.29 is 14.3 Å². The molecule has 0 aromatic rings. The van der Waals surface area contributed by atoms with Gasteiger partial charge in [0.05, 0.1) is 6.42 Å². The highest BCUT2D eigenvalue weighted by Crippen LogP contribution is 2.50. The Balaban J connectivity index is 2.33. The standard InChI is InChI=1S/C12H18O3/c1-8-4-5-12(9(13)6-8)11(2,3)7-10(14)15-12/h8H,4-7H2,1-3H3/t8-,12-/m0/s1. The average Bonchev–Trinajstić information content (AvgIpc) is 2.30. The quantitative estimate of drug-likeness (QED) is 0.575. The summed E-state index contributed by atoms with van der Waals surface area (Å²) in [6.45, 7) is 6.01. The van der Waals surface area contributed by atoms with Gasteiger partial charge >= 0.3 is 5.97 Å². The van der Waals surface area contributed by atoms with Crippen LogP contribution in [0.3, 0.4) is 0 Å². The maximum atomic E-state index is 12.1. The second-order valence-electron chi connectivity index (χ2n) is 5.63. The van der Waals surface area contributed by atoms with Gasteiger partial charge in [0.1, 0.15) is 0 Å². The lowest BCUT2D eigenvalue weighted by Crippen LogP contribution is -2.52. The highest BCUT2D eigenvalue weighted by Gasteiger charge is 2.60. The minimum absolute atomic E-state index is 0.122. The maximum Gasteiger partial charge on any atom is 0.307 e. The van der Waals surface area contributed by atoms with Gasteiger partial charge in [-0.1, -0.05) is 20.8 Å². The predicted octanol–water partition coefficient (Wildman–Crippen LogP) is 2.09. The van der Waals surface area contributed by atoms with Crippen LogP contribution in [0.5, 0.6) is 0 Å². The Bertz CT molecular complexity index is 319. The minimum Gasteiger partial charge on any atom is -0.450 e. The monoisotopic (exact) mass is 210 g/mol. The lowest BCUT2D eigenvalue weighted by molar-refractivity contribution is -0.167. The Kier molecular flexibility index (Phi) is 2.18. The van der Waals surface area contributed by atoms with E-state index in [0.29, 0.717) is 25.2 Å². The molecule has 0 bridgehead atoms. The molecule has 1 saturated carbocycles. The van der Waals surface area contributed by atoms with Crippen LogP contribution in [-0.2, 0) is 14.3 Å². The summed E-state index contributed by atoms with van der Waals surface area (Å²) in [6, 6.07) is 0. The number of hydrogen-bond donors (Lipinski definition) is 0. The third kappa shape index (κ3) is 1.40. The third-order valence-electron chi connectivity index (χ3n) is 3.94. The number of carbonyl (C=O) groups excluding carboxylic acids is 2. The van der Waals surface area contributed by atoms with Crippen molar-refractivity contribution in [2.24, 2.45) is 11.3 Å².